The second kappa shape index (κ2) is 6.87. The zero-order valence-corrected chi connectivity index (χ0v) is 13.5. The largest absolute Gasteiger partial charge is 0.369 e. The van der Waals surface area contributed by atoms with Crippen LogP contribution in [0.4, 0.5) is 0 Å². The van der Waals surface area contributed by atoms with Crippen molar-refractivity contribution in [3.05, 3.63) is 60.2 Å². The predicted molar refractivity (Wildman–Crippen MR) is 90.2 cm³/mol. The number of benzene rings is 2. The van der Waals surface area contributed by atoms with Crippen molar-refractivity contribution in [3.8, 4) is 0 Å². The van der Waals surface area contributed by atoms with Gasteiger partial charge in [0, 0.05) is 22.9 Å². The van der Waals surface area contributed by atoms with Gasteiger partial charge >= 0.3 is 0 Å². The van der Waals surface area contributed by atoms with Crippen molar-refractivity contribution < 1.29 is 9.59 Å². The highest BCUT2D eigenvalue weighted by atomic mass is 32.2. The standard InChI is InChI=1S/C18H18N2O2S/c19-17(21)13-10-11-20(12-13)18(22)15-8-4-5-9-16(15)23-14-6-2-1-3-7-14/h1-9,13H,10-12H2,(H2,19,21). The lowest BCUT2D eigenvalue weighted by Crippen LogP contribution is -2.32. The highest BCUT2D eigenvalue weighted by Gasteiger charge is 2.30. The number of hydrogen-bond acceptors (Lipinski definition) is 3. The van der Waals surface area contributed by atoms with E-state index in [2.05, 4.69) is 0 Å². The van der Waals surface area contributed by atoms with Crippen LogP contribution in [0.5, 0.6) is 0 Å². The van der Waals surface area contributed by atoms with Gasteiger partial charge in [-0.1, -0.05) is 42.1 Å². The molecular formula is C18H18N2O2S. The zero-order chi connectivity index (χ0) is 16.2. The molecule has 1 aliphatic rings. The lowest BCUT2D eigenvalue weighted by atomic mass is 10.1. The van der Waals surface area contributed by atoms with Crippen LogP contribution < -0.4 is 5.73 Å². The van der Waals surface area contributed by atoms with E-state index >= 15 is 0 Å². The Bertz CT molecular complexity index is 718. The molecule has 1 fully saturated rings. The molecule has 2 aromatic rings. The molecule has 1 atom stereocenters. The van der Waals surface area contributed by atoms with E-state index in [4.69, 9.17) is 5.73 Å². The van der Waals surface area contributed by atoms with Gasteiger partial charge in [-0.05, 0) is 30.7 Å². The van der Waals surface area contributed by atoms with Crippen LogP contribution in [0.1, 0.15) is 16.8 Å². The second-order valence-corrected chi connectivity index (χ2v) is 6.67. The number of carbonyl (C=O) groups is 2. The van der Waals surface area contributed by atoms with E-state index in [-0.39, 0.29) is 17.7 Å². The summed E-state index contributed by atoms with van der Waals surface area (Å²) in [5, 5.41) is 0. The van der Waals surface area contributed by atoms with Crippen LogP contribution in [0.15, 0.2) is 64.4 Å². The first-order valence-electron chi connectivity index (χ1n) is 7.55. The molecule has 2 amide bonds. The average Bonchev–Trinajstić information content (AvgIpc) is 3.06. The molecular weight excluding hydrogens is 308 g/mol. The molecule has 1 aliphatic heterocycles. The maximum atomic E-state index is 12.8. The fourth-order valence-electron chi connectivity index (χ4n) is 2.70. The first-order valence-corrected chi connectivity index (χ1v) is 8.37. The number of carbonyl (C=O) groups excluding carboxylic acids is 2. The molecule has 0 radical (unpaired) electrons. The summed E-state index contributed by atoms with van der Waals surface area (Å²) in [6, 6.07) is 17.5. The SMILES string of the molecule is NC(=O)C1CCN(C(=O)c2ccccc2Sc2ccccc2)C1. The Hall–Kier alpha value is -2.27. The molecule has 2 aromatic carbocycles. The van der Waals surface area contributed by atoms with Crippen molar-refractivity contribution in [2.45, 2.75) is 16.2 Å². The van der Waals surface area contributed by atoms with Gasteiger partial charge in [-0.25, -0.2) is 0 Å². The van der Waals surface area contributed by atoms with Crippen LogP contribution in [0.3, 0.4) is 0 Å². The molecule has 5 heteroatoms. The van der Waals surface area contributed by atoms with Crippen LogP contribution in [0.25, 0.3) is 0 Å². The zero-order valence-electron chi connectivity index (χ0n) is 12.6. The number of nitrogens with two attached hydrogens (primary N) is 1. The summed E-state index contributed by atoms with van der Waals surface area (Å²) in [6.07, 6.45) is 0.648. The van der Waals surface area contributed by atoms with Crippen molar-refractivity contribution in [1.29, 1.82) is 0 Å². The molecule has 0 bridgehead atoms. The summed E-state index contributed by atoms with van der Waals surface area (Å²) >= 11 is 1.57. The van der Waals surface area contributed by atoms with Crippen LogP contribution in [-0.4, -0.2) is 29.8 Å². The topological polar surface area (TPSA) is 63.4 Å². The van der Waals surface area contributed by atoms with Gasteiger partial charge in [-0.2, -0.15) is 0 Å². The Kier molecular flexibility index (Phi) is 4.67. The molecule has 0 spiro atoms. The Labute approximate surface area is 139 Å². The van der Waals surface area contributed by atoms with Crippen molar-refractivity contribution in [2.75, 3.05) is 13.1 Å². The predicted octanol–water partition coefficient (Wildman–Crippen LogP) is 2.79. The molecule has 23 heavy (non-hydrogen) atoms. The fourth-order valence-corrected chi connectivity index (χ4v) is 3.65. The molecule has 4 nitrogen and oxygen atoms in total. The van der Waals surface area contributed by atoms with E-state index < -0.39 is 0 Å². The summed E-state index contributed by atoms with van der Waals surface area (Å²) < 4.78 is 0. The Morgan fingerprint density at radius 1 is 1.04 bits per heavy atom. The van der Waals surface area contributed by atoms with Crippen molar-refractivity contribution >= 4 is 23.6 Å². The number of rotatable bonds is 4. The van der Waals surface area contributed by atoms with Gasteiger partial charge in [-0.3, -0.25) is 9.59 Å². The molecule has 0 aliphatic carbocycles. The third kappa shape index (κ3) is 3.56. The summed E-state index contributed by atoms with van der Waals surface area (Å²) in [7, 11) is 0. The maximum absolute atomic E-state index is 12.8. The van der Waals surface area contributed by atoms with Gasteiger partial charge in [0.15, 0.2) is 0 Å². The normalized spacial score (nSPS) is 17.2. The lowest BCUT2D eigenvalue weighted by Gasteiger charge is -2.18. The van der Waals surface area contributed by atoms with Crippen molar-refractivity contribution in [2.24, 2.45) is 11.7 Å². The number of amides is 2. The molecule has 2 N–H and O–H groups in total. The van der Waals surface area contributed by atoms with Crippen LogP contribution in [0.2, 0.25) is 0 Å². The first kappa shape index (κ1) is 15.6. The third-order valence-electron chi connectivity index (χ3n) is 3.97. The minimum Gasteiger partial charge on any atom is -0.369 e. The van der Waals surface area contributed by atoms with E-state index in [0.717, 1.165) is 9.79 Å². The molecule has 1 unspecified atom stereocenters. The van der Waals surface area contributed by atoms with Gasteiger partial charge in [0.05, 0.1) is 11.5 Å². The van der Waals surface area contributed by atoms with Crippen molar-refractivity contribution in [3.63, 3.8) is 0 Å². The number of likely N-dealkylation sites (tertiary alicyclic amines) is 1. The van der Waals surface area contributed by atoms with Gasteiger partial charge < -0.3 is 10.6 Å². The van der Waals surface area contributed by atoms with E-state index in [1.807, 2.05) is 54.6 Å². The molecule has 0 aromatic heterocycles. The average molecular weight is 326 g/mol. The van der Waals surface area contributed by atoms with E-state index in [9.17, 15) is 9.59 Å². The second-order valence-electron chi connectivity index (χ2n) is 5.55. The summed E-state index contributed by atoms with van der Waals surface area (Å²) in [4.78, 5) is 27.8. The maximum Gasteiger partial charge on any atom is 0.255 e. The summed E-state index contributed by atoms with van der Waals surface area (Å²) in [6.45, 7) is 0.995. The Balaban J connectivity index is 1.80. The van der Waals surface area contributed by atoms with E-state index in [1.165, 1.54) is 0 Å². The van der Waals surface area contributed by atoms with E-state index in [1.54, 1.807) is 16.7 Å². The number of hydrogen-bond donors (Lipinski definition) is 1. The molecule has 118 valence electrons. The third-order valence-corrected chi connectivity index (χ3v) is 5.05. The highest BCUT2D eigenvalue weighted by molar-refractivity contribution is 7.99. The van der Waals surface area contributed by atoms with Gasteiger partial charge in [0.2, 0.25) is 5.91 Å². The van der Waals surface area contributed by atoms with Crippen molar-refractivity contribution in [1.82, 2.24) is 4.90 Å². The first-order chi connectivity index (χ1) is 11.1. The summed E-state index contributed by atoms with van der Waals surface area (Å²) in [5.74, 6) is -0.590. The Morgan fingerprint density at radius 2 is 1.74 bits per heavy atom. The van der Waals surface area contributed by atoms with Gasteiger partial charge in [0.25, 0.3) is 5.91 Å². The monoisotopic (exact) mass is 326 g/mol. The van der Waals surface area contributed by atoms with Crippen LogP contribution in [0, 0.1) is 5.92 Å². The molecule has 3 rings (SSSR count). The van der Waals surface area contributed by atoms with Crippen LogP contribution in [-0.2, 0) is 4.79 Å². The van der Waals surface area contributed by atoms with Crippen LogP contribution >= 0.6 is 11.8 Å². The minimum absolute atomic E-state index is 0.0345. The quantitative estimate of drug-likeness (QED) is 0.939. The number of primary amides is 1. The van der Waals surface area contributed by atoms with E-state index in [0.29, 0.717) is 25.1 Å². The van der Waals surface area contributed by atoms with Gasteiger partial charge in [-0.15, -0.1) is 0 Å². The summed E-state index contributed by atoms with van der Waals surface area (Å²) in [5.41, 5.74) is 6.02. The lowest BCUT2D eigenvalue weighted by molar-refractivity contribution is -0.121. The Morgan fingerprint density at radius 3 is 2.43 bits per heavy atom. The number of nitrogens with zero attached hydrogens (tertiary/aromatic N) is 1. The minimum atomic E-state index is -0.327. The molecule has 1 saturated heterocycles. The highest BCUT2D eigenvalue weighted by Crippen LogP contribution is 2.31. The molecule has 1 heterocycles. The van der Waals surface area contributed by atoms with Gasteiger partial charge in [0.1, 0.15) is 0 Å². The fraction of sp³-hybridized carbons (Fsp3) is 0.222. The molecule has 0 saturated carbocycles. The smallest absolute Gasteiger partial charge is 0.255 e.